The molecule has 0 atom stereocenters. The number of hydrogen-bond acceptors (Lipinski definition) is 1. The molecule has 1 amide bonds. The van der Waals surface area contributed by atoms with Crippen LogP contribution in [-0.4, -0.2) is 5.91 Å². The number of halogens is 1. The Labute approximate surface area is 92.8 Å². The number of rotatable bonds is 2. The summed E-state index contributed by atoms with van der Waals surface area (Å²) in [6, 6.07) is 3.99. The molecule has 1 rings (SSSR count). The van der Waals surface area contributed by atoms with Gasteiger partial charge in [-0.2, -0.15) is 0 Å². The van der Waals surface area contributed by atoms with Gasteiger partial charge in [-0.25, -0.2) is 0 Å². The average molecular weight is 256 g/mol. The van der Waals surface area contributed by atoms with Crippen molar-refractivity contribution in [3.8, 4) is 0 Å². The molecule has 0 spiro atoms. The lowest BCUT2D eigenvalue weighted by Gasteiger charge is -2.09. The van der Waals surface area contributed by atoms with Crippen LogP contribution >= 0.6 is 15.9 Å². The molecule has 3 heteroatoms. The summed E-state index contributed by atoms with van der Waals surface area (Å²) in [5.41, 5.74) is 3.24. The second-order valence-electron chi connectivity index (χ2n) is 3.32. The zero-order chi connectivity index (χ0) is 10.7. The largest absolute Gasteiger partial charge is 0.325 e. The minimum absolute atomic E-state index is 0.0361. The highest BCUT2D eigenvalue weighted by Crippen LogP contribution is 2.26. The molecule has 0 heterocycles. The summed E-state index contributed by atoms with van der Waals surface area (Å²) in [5, 5.41) is 2.84. The van der Waals surface area contributed by atoms with Crippen LogP contribution in [0.25, 0.3) is 0 Å². The van der Waals surface area contributed by atoms with E-state index in [2.05, 4.69) is 21.2 Å². The highest BCUT2D eigenvalue weighted by Gasteiger charge is 2.05. The topological polar surface area (TPSA) is 29.1 Å². The van der Waals surface area contributed by atoms with Gasteiger partial charge in [0.1, 0.15) is 0 Å². The molecule has 0 aliphatic rings. The Morgan fingerprint density at radius 3 is 2.50 bits per heavy atom. The van der Waals surface area contributed by atoms with Gasteiger partial charge >= 0.3 is 0 Å². The smallest absolute Gasteiger partial charge is 0.224 e. The van der Waals surface area contributed by atoms with Crippen LogP contribution in [0.5, 0.6) is 0 Å². The fraction of sp³-hybridized carbons (Fsp3) is 0.364. The normalized spacial score (nSPS) is 10.0. The van der Waals surface area contributed by atoms with Gasteiger partial charge in [0.25, 0.3) is 0 Å². The van der Waals surface area contributed by atoms with Gasteiger partial charge in [0, 0.05) is 10.9 Å². The molecule has 0 saturated heterocycles. The molecule has 0 aromatic heterocycles. The monoisotopic (exact) mass is 255 g/mol. The molecule has 1 aromatic rings. The SMILES string of the molecule is CCC(=O)Nc1cc(C)c(C)cc1Br. The zero-order valence-electron chi connectivity index (χ0n) is 8.65. The van der Waals surface area contributed by atoms with Crippen LogP contribution in [0.2, 0.25) is 0 Å². The maximum Gasteiger partial charge on any atom is 0.224 e. The third-order valence-corrected chi connectivity index (χ3v) is 2.83. The van der Waals surface area contributed by atoms with Gasteiger partial charge in [0.05, 0.1) is 5.69 Å². The summed E-state index contributed by atoms with van der Waals surface area (Å²) in [7, 11) is 0. The highest BCUT2D eigenvalue weighted by molar-refractivity contribution is 9.10. The predicted molar refractivity (Wildman–Crippen MR) is 62.5 cm³/mol. The summed E-state index contributed by atoms with van der Waals surface area (Å²) in [4.78, 5) is 11.2. The number of anilines is 1. The number of nitrogens with one attached hydrogen (secondary N) is 1. The van der Waals surface area contributed by atoms with E-state index >= 15 is 0 Å². The standard InChI is InChI=1S/C11H14BrNO/c1-4-11(14)13-10-6-8(3)7(2)5-9(10)12/h5-6H,4H2,1-3H3,(H,13,14). The summed E-state index contributed by atoms with van der Waals surface area (Å²) >= 11 is 3.42. The van der Waals surface area contributed by atoms with Crippen LogP contribution in [0.3, 0.4) is 0 Å². The Morgan fingerprint density at radius 1 is 1.36 bits per heavy atom. The van der Waals surface area contributed by atoms with Crippen LogP contribution in [0, 0.1) is 13.8 Å². The van der Waals surface area contributed by atoms with Gasteiger partial charge in [0.15, 0.2) is 0 Å². The number of amides is 1. The third kappa shape index (κ3) is 2.58. The molecule has 0 aliphatic carbocycles. The van der Waals surface area contributed by atoms with Crippen molar-refractivity contribution in [2.24, 2.45) is 0 Å². The molecule has 0 fully saturated rings. The number of hydrogen-bond donors (Lipinski definition) is 1. The molecule has 0 saturated carbocycles. The van der Waals surface area contributed by atoms with Gasteiger partial charge in [-0.05, 0) is 53.0 Å². The molecule has 1 aromatic carbocycles. The van der Waals surface area contributed by atoms with Gasteiger partial charge < -0.3 is 5.32 Å². The van der Waals surface area contributed by atoms with Crippen molar-refractivity contribution in [3.63, 3.8) is 0 Å². The van der Waals surface area contributed by atoms with Crippen LogP contribution in [-0.2, 0) is 4.79 Å². The molecule has 0 bridgehead atoms. The lowest BCUT2D eigenvalue weighted by Crippen LogP contribution is -2.10. The minimum Gasteiger partial charge on any atom is -0.325 e. The molecule has 1 N–H and O–H groups in total. The fourth-order valence-corrected chi connectivity index (χ4v) is 1.67. The van der Waals surface area contributed by atoms with Gasteiger partial charge in [-0.1, -0.05) is 6.92 Å². The Hall–Kier alpha value is -0.830. The predicted octanol–water partition coefficient (Wildman–Crippen LogP) is 3.41. The lowest BCUT2D eigenvalue weighted by molar-refractivity contribution is -0.115. The molecule has 0 radical (unpaired) electrons. The molecule has 76 valence electrons. The molecule has 0 aliphatic heterocycles. The summed E-state index contributed by atoms with van der Waals surface area (Å²) in [6.45, 7) is 5.92. The van der Waals surface area contributed by atoms with E-state index in [9.17, 15) is 4.79 Å². The number of carbonyl (C=O) groups is 1. The van der Waals surface area contributed by atoms with Crippen LogP contribution in [0.1, 0.15) is 24.5 Å². The van der Waals surface area contributed by atoms with Crippen LogP contribution in [0.15, 0.2) is 16.6 Å². The Kier molecular flexibility index (Phi) is 3.69. The van der Waals surface area contributed by atoms with E-state index in [0.29, 0.717) is 6.42 Å². The van der Waals surface area contributed by atoms with Gasteiger partial charge in [-0.3, -0.25) is 4.79 Å². The van der Waals surface area contributed by atoms with Gasteiger partial charge in [0.2, 0.25) is 5.91 Å². The molecule has 0 unspecified atom stereocenters. The molecular formula is C11H14BrNO. The maximum atomic E-state index is 11.2. The number of aryl methyl sites for hydroxylation is 2. The first-order valence-electron chi connectivity index (χ1n) is 4.61. The first kappa shape index (κ1) is 11.2. The van der Waals surface area contributed by atoms with Crippen molar-refractivity contribution < 1.29 is 4.79 Å². The van der Waals surface area contributed by atoms with Crippen molar-refractivity contribution in [1.82, 2.24) is 0 Å². The van der Waals surface area contributed by atoms with E-state index in [-0.39, 0.29) is 5.91 Å². The van der Waals surface area contributed by atoms with E-state index < -0.39 is 0 Å². The quantitative estimate of drug-likeness (QED) is 0.863. The molecular weight excluding hydrogens is 242 g/mol. The molecule has 14 heavy (non-hydrogen) atoms. The Bertz CT molecular complexity index is 361. The van der Waals surface area contributed by atoms with Gasteiger partial charge in [-0.15, -0.1) is 0 Å². The van der Waals surface area contributed by atoms with Crippen molar-refractivity contribution in [3.05, 3.63) is 27.7 Å². The summed E-state index contributed by atoms with van der Waals surface area (Å²) in [6.07, 6.45) is 0.499. The van der Waals surface area contributed by atoms with Crippen molar-refractivity contribution in [2.45, 2.75) is 27.2 Å². The Morgan fingerprint density at radius 2 is 1.93 bits per heavy atom. The lowest BCUT2D eigenvalue weighted by atomic mass is 10.1. The first-order chi connectivity index (χ1) is 6.54. The summed E-state index contributed by atoms with van der Waals surface area (Å²) < 4.78 is 0.933. The third-order valence-electron chi connectivity index (χ3n) is 2.18. The van der Waals surface area contributed by atoms with E-state index in [1.165, 1.54) is 11.1 Å². The van der Waals surface area contributed by atoms with E-state index in [4.69, 9.17) is 0 Å². The van der Waals surface area contributed by atoms with Crippen LogP contribution in [0.4, 0.5) is 5.69 Å². The summed E-state index contributed by atoms with van der Waals surface area (Å²) in [5.74, 6) is 0.0361. The minimum atomic E-state index is 0.0361. The fourth-order valence-electron chi connectivity index (χ4n) is 1.12. The van der Waals surface area contributed by atoms with Crippen molar-refractivity contribution in [2.75, 3.05) is 5.32 Å². The first-order valence-corrected chi connectivity index (χ1v) is 5.40. The zero-order valence-corrected chi connectivity index (χ0v) is 10.2. The average Bonchev–Trinajstić information content (AvgIpc) is 2.14. The van der Waals surface area contributed by atoms with Crippen molar-refractivity contribution >= 4 is 27.5 Å². The van der Waals surface area contributed by atoms with Crippen LogP contribution < -0.4 is 5.32 Å². The second kappa shape index (κ2) is 4.60. The Balaban J connectivity index is 2.98. The van der Waals surface area contributed by atoms with E-state index in [1.54, 1.807) is 0 Å². The maximum absolute atomic E-state index is 11.2. The highest BCUT2D eigenvalue weighted by atomic mass is 79.9. The van der Waals surface area contributed by atoms with Crippen molar-refractivity contribution in [1.29, 1.82) is 0 Å². The number of carbonyl (C=O) groups excluding carboxylic acids is 1. The molecule has 2 nitrogen and oxygen atoms in total. The van der Waals surface area contributed by atoms with E-state index in [0.717, 1.165) is 10.2 Å². The van der Waals surface area contributed by atoms with E-state index in [1.807, 2.05) is 32.9 Å². The second-order valence-corrected chi connectivity index (χ2v) is 4.17. The number of benzene rings is 1.